The topological polar surface area (TPSA) is 89.3 Å². The first kappa shape index (κ1) is 14.7. The fraction of sp³-hybridized carbons (Fsp3) is 0.417. The number of amides is 1. The van der Waals surface area contributed by atoms with Crippen LogP contribution in [0.3, 0.4) is 0 Å². The third kappa shape index (κ3) is 4.46. The van der Waals surface area contributed by atoms with Crippen molar-refractivity contribution in [3.63, 3.8) is 0 Å². The number of hydrogen-bond donors (Lipinski definition) is 2. The molecule has 0 aromatic heterocycles. The van der Waals surface area contributed by atoms with Crippen molar-refractivity contribution >= 4 is 15.9 Å². The number of rotatable bonds is 7. The summed E-state index contributed by atoms with van der Waals surface area (Å²) in [5, 5.41) is 0. The van der Waals surface area contributed by atoms with Crippen molar-refractivity contribution in [2.75, 3.05) is 6.54 Å². The van der Waals surface area contributed by atoms with Gasteiger partial charge in [0.15, 0.2) is 0 Å². The number of aryl methyl sites for hydroxylation is 1. The van der Waals surface area contributed by atoms with Crippen LogP contribution in [0, 0.1) is 6.92 Å². The van der Waals surface area contributed by atoms with Gasteiger partial charge in [-0.3, -0.25) is 4.79 Å². The number of nitrogens with one attached hydrogen (secondary N) is 1. The van der Waals surface area contributed by atoms with Crippen LogP contribution in [0.4, 0.5) is 0 Å². The van der Waals surface area contributed by atoms with Crippen LogP contribution < -0.4 is 10.5 Å². The van der Waals surface area contributed by atoms with Crippen LogP contribution in [0.15, 0.2) is 29.2 Å². The van der Waals surface area contributed by atoms with Gasteiger partial charge in [-0.2, -0.15) is 0 Å². The number of benzene rings is 1. The molecule has 1 aromatic rings. The summed E-state index contributed by atoms with van der Waals surface area (Å²) < 4.78 is 26.4. The Kier molecular flexibility index (Phi) is 5.30. The molecule has 100 valence electrons. The van der Waals surface area contributed by atoms with Gasteiger partial charge < -0.3 is 5.73 Å². The molecule has 5 nitrogen and oxygen atoms in total. The van der Waals surface area contributed by atoms with Crippen molar-refractivity contribution in [2.45, 2.75) is 31.1 Å². The zero-order chi connectivity index (χ0) is 13.6. The molecule has 3 N–H and O–H groups in total. The first-order chi connectivity index (χ1) is 8.43. The lowest BCUT2D eigenvalue weighted by Crippen LogP contribution is -2.25. The molecule has 0 bridgehead atoms. The Morgan fingerprint density at radius 2 is 1.94 bits per heavy atom. The Balaban J connectivity index is 2.51. The molecule has 1 aromatic carbocycles. The minimum absolute atomic E-state index is 0.284. The molecule has 0 saturated carbocycles. The maximum Gasteiger partial charge on any atom is 0.240 e. The second-order valence-electron chi connectivity index (χ2n) is 4.09. The zero-order valence-corrected chi connectivity index (χ0v) is 11.2. The number of carbonyl (C=O) groups excluding carboxylic acids is 1. The molecule has 0 spiro atoms. The summed E-state index contributed by atoms with van der Waals surface area (Å²) in [7, 11) is -3.46. The van der Waals surface area contributed by atoms with Crippen LogP contribution >= 0.6 is 0 Å². The van der Waals surface area contributed by atoms with Gasteiger partial charge in [0.25, 0.3) is 0 Å². The van der Waals surface area contributed by atoms with E-state index in [0.29, 0.717) is 29.8 Å². The number of unbranched alkanes of at least 4 members (excludes halogenated alkanes) is 1. The van der Waals surface area contributed by atoms with E-state index in [-0.39, 0.29) is 12.3 Å². The average molecular weight is 270 g/mol. The summed E-state index contributed by atoms with van der Waals surface area (Å²) in [5.74, 6) is -0.364. The largest absolute Gasteiger partial charge is 0.370 e. The summed E-state index contributed by atoms with van der Waals surface area (Å²) in [6.45, 7) is 2.06. The van der Waals surface area contributed by atoms with Crippen molar-refractivity contribution in [1.82, 2.24) is 4.72 Å². The van der Waals surface area contributed by atoms with Crippen LogP contribution in [-0.2, 0) is 14.8 Å². The van der Waals surface area contributed by atoms with Crippen LogP contribution in [0.5, 0.6) is 0 Å². The van der Waals surface area contributed by atoms with E-state index in [1.54, 1.807) is 31.2 Å². The highest BCUT2D eigenvalue weighted by molar-refractivity contribution is 7.89. The number of carbonyl (C=O) groups is 1. The van der Waals surface area contributed by atoms with Gasteiger partial charge in [0.2, 0.25) is 15.9 Å². The first-order valence-electron chi connectivity index (χ1n) is 5.77. The molecule has 0 aliphatic heterocycles. The molecule has 0 radical (unpaired) electrons. The van der Waals surface area contributed by atoms with Crippen molar-refractivity contribution in [2.24, 2.45) is 5.73 Å². The molecule has 0 atom stereocenters. The highest BCUT2D eigenvalue weighted by Crippen LogP contribution is 2.13. The highest BCUT2D eigenvalue weighted by atomic mass is 32.2. The van der Waals surface area contributed by atoms with Crippen LogP contribution in [0.1, 0.15) is 24.8 Å². The van der Waals surface area contributed by atoms with Crippen LogP contribution in [0.25, 0.3) is 0 Å². The smallest absolute Gasteiger partial charge is 0.240 e. The summed E-state index contributed by atoms with van der Waals surface area (Å²) in [5.41, 5.74) is 5.70. The number of sulfonamides is 1. The lowest BCUT2D eigenvalue weighted by molar-refractivity contribution is -0.118. The molecule has 0 unspecified atom stereocenters. The lowest BCUT2D eigenvalue weighted by Gasteiger charge is -2.08. The lowest BCUT2D eigenvalue weighted by atomic mass is 10.2. The van der Waals surface area contributed by atoms with E-state index in [1.165, 1.54) is 0 Å². The van der Waals surface area contributed by atoms with Gasteiger partial charge in [-0.05, 0) is 31.4 Å². The second kappa shape index (κ2) is 6.51. The van der Waals surface area contributed by atoms with E-state index < -0.39 is 10.0 Å². The van der Waals surface area contributed by atoms with Crippen molar-refractivity contribution in [1.29, 1.82) is 0 Å². The fourth-order valence-electron chi connectivity index (χ4n) is 1.57. The SMILES string of the molecule is Cc1ccccc1S(=O)(=O)NCCCCC(N)=O. The zero-order valence-electron chi connectivity index (χ0n) is 10.3. The highest BCUT2D eigenvalue weighted by Gasteiger charge is 2.14. The van der Waals surface area contributed by atoms with Crippen molar-refractivity contribution in [3.8, 4) is 0 Å². The van der Waals surface area contributed by atoms with E-state index in [2.05, 4.69) is 4.72 Å². The van der Waals surface area contributed by atoms with Gasteiger partial charge in [-0.1, -0.05) is 18.2 Å². The predicted octanol–water partition coefficient (Wildman–Crippen LogP) is 0.929. The second-order valence-corrected chi connectivity index (χ2v) is 5.82. The Bertz CT molecular complexity index is 512. The monoisotopic (exact) mass is 270 g/mol. The Morgan fingerprint density at radius 1 is 1.28 bits per heavy atom. The van der Waals surface area contributed by atoms with E-state index in [4.69, 9.17) is 5.73 Å². The van der Waals surface area contributed by atoms with Crippen LogP contribution in [-0.4, -0.2) is 20.9 Å². The first-order valence-corrected chi connectivity index (χ1v) is 7.25. The molecule has 0 saturated heterocycles. The minimum atomic E-state index is -3.46. The van der Waals surface area contributed by atoms with E-state index in [0.717, 1.165) is 0 Å². The molecule has 0 aliphatic rings. The normalized spacial score (nSPS) is 11.4. The average Bonchev–Trinajstić information content (AvgIpc) is 2.28. The molecule has 0 aliphatic carbocycles. The molecule has 1 rings (SSSR count). The maximum absolute atomic E-state index is 11.9. The number of nitrogens with two attached hydrogens (primary N) is 1. The summed E-state index contributed by atoms with van der Waals surface area (Å²) in [6, 6.07) is 6.80. The van der Waals surface area contributed by atoms with Gasteiger partial charge in [-0.25, -0.2) is 13.1 Å². The molecule has 0 fully saturated rings. The molecular weight excluding hydrogens is 252 g/mol. The third-order valence-corrected chi connectivity index (χ3v) is 4.15. The number of hydrogen-bond acceptors (Lipinski definition) is 3. The van der Waals surface area contributed by atoms with Gasteiger partial charge in [0.05, 0.1) is 4.90 Å². The molecule has 0 heterocycles. The number of primary amides is 1. The maximum atomic E-state index is 11.9. The Hall–Kier alpha value is -1.40. The van der Waals surface area contributed by atoms with E-state index in [9.17, 15) is 13.2 Å². The minimum Gasteiger partial charge on any atom is -0.370 e. The van der Waals surface area contributed by atoms with Crippen molar-refractivity contribution < 1.29 is 13.2 Å². The summed E-state index contributed by atoms with van der Waals surface area (Å²) in [6.07, 6.45) is 1.46. The van der Waals surface area contributed by atoms with E-state index in [1.807, 2.05) is 0 Å². The van der Waals surface area contributed by atoms with E-state index >= 15 is 0 Å². The Labute approximate surface area is 107 Å². The molecular formula is C12H18N2O3S. The van der Waals surface area contributed by atoms with Crippen LogP contribution in [0.2, 0.25) is 0 Å². The van der Waals surface area contributed by atoms with Gasteiger partial charge >= 0.3 is 0 Å². The van der Waals surface area contributed by atoms with Crippen molar-refractivity contribution in [3.05, 3.63) is 29.8 Å². The molecule has 1 amide bonds. The quantitative estimate of drug-likeness (QED) is 0.722. The van der Waals surface area contributed by atoms with Gasteiger partial charge in [0, 0.05) is 13.0 Å². The standard InChI is InChI=1S/C12H18N2O3S/c1-10-6-2-3-7-11(10)18(16,17)14-9-5-4-8-12(13)15/h2-3,6-7,14H,4-5,8-9H2,1H3,(H2,13,15). The molecule has 18 heavy (non-hydrogen) atoms. The third-order valence-electron chi connectivity index (χ3n) is 2.53. The summed E-state index contributed by atoms with van der Waals surface area (Å²) >= 11 is 0. The fourth-order valence-corrected chi connectivity index (χ4v) is 2.88. The predicted molar refractivity (Wildman–Crippen MR) is 69.4 cm³/mol. The summed E-state index contributed by atoms with van der Waals surface area (Å²) in [4.78, 5) is 10.8. The van der Waals surface area contributed by atoms with Gasteiger partial charge in [0.1, 0.15) is 0 Å². The van der Waals surface area contributed by atoms with Gasteiger partial charge in [-0.15, -0.1) is 0 Å². The molecule has 6 heteroatoms. The Morgan fingerprint density at radius 3 is 2.56 bits per heavy atom.